The molecule has 0 bridgehead atoms. The second-order valence-electron chi connectivity index (χ2n) is 6.92. The van der Waals surface area contributed by atoms with Gasteiger partial charge in [0.1, 0.15) is 0 Å². The zero-order valence-corrected chi connectivity index (χ0v) is 13.6. The van der Waals surface area contributed by atoms with Crippen LogP contribution < -0.4 is 0 Å². The van der Waals surface area contributed by atoms with Crippen molar-refractivity contribution in [3.05, 3.63) is 35.4 Å². The molecule has 0 amide bonds. The molecule has 0 N–H and O–H groups in total. The summed E-state index contributed by atoms with van der Waals surface area (Å²) in [4.78, 5) is 11.9. The molecular weight excluding hydrogens is 252 g/mol. The topological polar surface area (TPSA) is 26.3 Å². The molecule has 1 atom stereocenters. The van der Waals surface area contributed by atoms with E-state index < -0.39 is 8.32 Å². The van der Waals surface area contributed by atoms with Crippen LogP contribution in [0.3, 0.4) is 0 Å². The van der Waals surface area contributed by atoms with E-state index >= 15 is 0 Å². The molecule has 3 heteroatoms. The molecule has 0 aliphatic heterocycles. The largest absolute Gasteiger partial charge is 0.410 e. The Hall–Kier alpha value is -0.933. The van der Waals surface area contributed by atoms with Gasteiger partial charge in [0.15, 0.2) is 14.1 Å². The van der Waals surface area contributed by atoms with Crippen molar-refractivity contribution >= 4 is 14.1 Å². The first-order chi connectivity index (χ1) is 8.72. The minimum atomic E-state index is -1.79. The van der Waals surface area contributed by atoms with Gasteiger partial charge in [0, 0.05) is 12.0 Å². The van der Waals surface area contributed by atoms with Crippen LogP contribution in [0.25, 0.3) is 0 Å². The van der Waals surface area contributed by atoms with Gasteiger partial charge in [0.25, 0.3) is 0 Å². The fraction of sp³-hybridized carbons (Fsp3) is 0.562. The Kier molecular flexibility index (Phi) is 3.71. The smallest absolute Gasteiger partial charge is 0.192 e. The van der Waals surface area contributed by atoms with Crippen LogP contribution in [-0.2, 0) is 4.43 Å². The summed E-state index contributed by atoms with van der Waals surface area (Å²) >= 11 is 0. The maximum atomic E-state index is 11.9. The third-order valence-corrected chi connectivity index (χ3v) is 8.97. The Morgan fingerprint density at radius 3 is 2.47 bits per heavy atom. The molecule has 0 spiro atoms. The summed E-state index contributed by atoms with van der Waals surface area (Å²) in [5.74, 6) is 0.255. The van der Waals surface area contributed by atoms with Crippen LogP contribution in [0.15, 0.2) is 24.3 Å². The molecule has 0 radical (unpaired) electrons. The maximum Gasteiger partial charge on any atom is 0.192 e. The van der Waals surface area contributed by atoms with Crippen molar-refractivity contribution in [3.63, 3.8) is 0 Å². The van der Waals surface area contributed by atoms with Crippen LogP contribution >= 0.6 is 0 Å². The summed E-state index contributed by atoms with van der Waals surface area (Å²) in [5.41, 5.74) is 1.95. The van der Waals surface area contributed by atoms with Crippen LogP contribution in [0.1, 0.15) is 55.6 Å². The second kappa shape index (κ2) is 4.87. The molecule has 0 saturated carbocycles. The van der Waals surface area contributed by atoms with E-state index in [2.05, 4.69) is 33.9 Å². The van der Waals surface area contributed by atoms with Crippen LogP contribution in [0.4, 0.5) is 0 Å². The van der Waals surface area contributed by atoms with Gasteiger partial charge >= 0.3 is 0 Å². The number of rotatable bonds is 2. The number of ketones is 1. The summed E-state index contributed by atoms with van der Waals surface area (Å²) in [6.45, 7) is 11.3. The zero-order valence-electron chi connectivity index (χ0n) is 12.6. The summed E-state index contributed by atoms with van der Waals surface area (Å²) in [7, 11) is -1.79. The minimum absolute atomic E-state index is 0.0924. The predicted octanol–water partition coefficient (Wildman–Crippen LogP) is 4.73. The van der Waals surface area contributed by atoms with E-state index in [9.17, 15) is 4.79 Å². The van der Waals surface area contributed by atoms with E-state index in [1.54, 1.807) is 0 Å². The first-order valence-corrected chi connectivity index (χ1v) is 9.93. The molecule has 2 nitrogen and oxygen atoms in total. The first-order valence-electron chi connectivity index (χ1n) is 7.02. The SMILES string of the molecule is CC(C)(C)[Si](C)(C)OC1CCC(=O)c2ccccc21. The van der Waals surface area contributed by atoms with Crippen molar-refractivity contribution in [2.45, 2.75) is 57.8 Å². The molecular formula is C16H24O2Si. The Morgan fingerprint density at radius 2 is 1.84 bits per heavy atom. The molecule has 19 heavy (non-hydrogen) atoms. The Labute approximate surface area is 117 Å². The van der Waals surface area contributed by atoms with Crippen molar-refractivity contribution in [2.24, 2.45) is 0 Å². The van der Waals surface area contributed by atoms with Gasteiger partial charge in [-0.25, -0.2) is 0 Å². The maximum absolute atomic E-state index is 11.9. The number of carbonyl (C=O) groups excluding carboxylic acids is 1. The Bertz CT molecular complexity index is 486. The van der Waals surface area contributed by atoms with E-state index in [1.807, 2.05) is 24.3 Å². The predicted molar refractivity (Wildman–Crippen MR) is 81.0 cm³/mol. The fourth-order valence-electron chi connectivity index (χ4n) is 2.24. The Balaban J connectivity index is 2.29. The lowest BCUT2D eigenvalue weighted by molar-refractivity contribution is 0.0907. The molecule has 1 aliphatic rings. The lowest BCUT2D eigenvalue weighted by Gasteiger charge is -2.40. The highest BCUT2D eigenvalue weighted by molar-refractivity contribution is 6.74. The van der Waals surface area contributed by atoms with Gasteiger partial charge in [-0.2, -0.15) is 0 Å². The van der Waals surface area contributed by atoms with E-state index in [0.29, 0.717) is 6.42 Å². The molecule has 1 aliphatic carbocycles. The van der Waals surface area contributed by atoms with Crippen molar-refractivity contribution in [1.29, 1.82) is 0 Å². The molecule has 0 saturated heterocycles. The molecule has 0 fully saturated rings. The fourth-order valence-corrected chi connectivity index (χ4v) is 3.55. The number of Topliss-reactive ketones (excluding diaryl/α,β-unsaturated/α-hetero) is 1. The summed E-state index contributed by atoms with van der Waals surface area (Å²) in [6, 6.07) is 7.91. The van der Waals surface area contributed by atoms with Crippen molar-refractivity contribution in [1.82, 2.24) is 0 Å². The third-order valence-electron chi connectivity index (χ3n) is 4.48. The molecule has 104 valence electrons. The quantitative estimate of drug-likeness (QED) is 0.730. The first kappa shape index (κ1) is 14.5. The second-order valence-corrected chi connectivity index (χ2v) is 11.7. The minimum Gasteiger partial charge on any atom is -0.410 e. The van der Waals surface area contributed by atoms with Crippen LogP contribution in [0, 0.1) is 0 Å². The van der Waals surface area contributed by atoms with E-state index in [1.165, 1.54) is 0 Å². The summed E-state index contributed by atoms with van der Waals surface area (Å²) in [6.07, 6.45) is 1.52. The van der Waals surface area contributed by atoms with Gasteiger partial charge in [-0.3, -0.25) is 4.79 Å². The third kappa shape index (κ3) is 2.82. The van der Waals surface area contributed by atoms with Gasteiger partial charge in [-0.15, -0.1) is 0 Å². The highest BCUT2D eigenvalue weighted by Crippen LogP contribution is 2.42. The normalized spacial score (nSPS) is 20.3. The van der Waals surface area contributed by atoms with Crippen molar-refractivity contribution in [3.8, 4) is 0 Å². The monoisotopic (exact) mass is 276 g/mol. The molecule has 1 unspecified atom stereocenters. The number of carbonyl (C=O) groups is 1. The zero-order chi connectivity index (χ0) is 14.3. The number of hydrogen-bond acceptors (Lipinski definition) is 2. The molecule has 2 rings (SSSR count). The van der Waals surface area contributed by atoms with Gasteiger partial charge in [-0.05, 0) is 30.1 Å². The molecule has 0 heterocycles. The van der Waals surface area contributed by atoms with Crippen molar-refractivity contribution < 1.29 is 9.22 Å². The van der Waals surface area contributed by atoms with Crippen LogP contribution in [0.2, 0.25) is 18.1 Å². The highest BCUT2D eigenvalue weighted by Gasteiger charge is 2.40. The van der Waals surface area contributed by atoms with E-state index in [4.69, 9.17) is 4.43 Å². The standard InChI is InChI=1S/C16H24O2Si/c1-16(2,3)19(4,5)18-15-11-10-14(17)12-8-6-7-9-13(12)15/h6-9,15H,10-11H2,1-5H3. The van der Waals surface area contributed by atoms with E-state index in [0.717, 1.165) is 17.5 Å². The van der Waals surface area contributed by atoms with Crippen LogP contribution in [0.5, 0.6) is 0 Å². The number of fused-ring (bicyclic) bond motifs is 1. The number of hydrogen-bond donors (Lipinski definition) is 0. The van der Waals surface area contributed by atoms with Gasteiger partial charge in [-0.1, -0.05) is 45.0 Å². The average Bonchev–Trinajstić information content (AvgIpc) is 2.32. The Morgan fingerprint density at radius 1 is 1.21 bits per heavy atom. The average molecular weight is 276 g/mol. The van der Waals surface area contributed by atoms with Gasteiger partial charge in [0.2, 0.25) is 0 Å². The number of benzene rings is 1. The van der Waals surface area contributed by atoms with Gasteiger partial charge in [0.05, 0.1) is 6.10 Å². The molecule has 1 aromatic rings. The van der Waals surface area contributed by atoms with E-state index in [-0.39, 0.29) is 16.9 Å². The van der Waals surface area contributed by atoms with Crippen molar-refractivity contribution in [2.75, 3.05) is 0 Å². The molecule has 0 aromatic heterocycles. The molecule has 1 aromatic carbocycles. The summed E-state index contributed by atoms with van der Waals surface area (Å²) in [5, 5.41) is 0.198. The highest BCUT2D eigenvalue weighted by atomic mass is 28.4. The van der Waals surface area contributed by atoms with Crippen LogP contribution in [-0.4, -0.2) is 14.1 Å². The summed E-state index contributed by atoms with van der Waals surface area (Å²) < 4.78 is 6.50. The lowest BCUT2D eigenvalue weighted by Crippen LogP contribution is -2.42. The lowest BCUT2D eigenvalue weighted by atomic mass is 9.89. The van der Waals surface area contributed by atoms with Gasteiger partial charge < -0.3 is 4.43 Å².